The van der Waals surface area contributed by atoms with Crippen molar-refractivity contribution in [3.63, 3.8) is 0 Å². The summed E-state index contributed by atoms with van der Waals surface area (Å²) in [6.07, 6.45) is 6.99. The molecule has 0 saturated heterocycles. The summed E-state index contributed by atoms with van der Waals surface area (Å²) in [6.45, 7) is 6.08. The summed E-state index contributed by atoms with van der Waals surface area (Å²) >= 11 is 0. The Hall–Kier alpha value is -1.22. The molecule has 1 unspecified atom stereocenters. The molecule has 0 saturated carbocycles. The molecule has 0 bridgehead atoms. The van der Waals surface area contributed by atoms with E-state index < -0.39 is 0 Å². The fourth-order valence-corrected chi connectivity index (χ4v) is 2.19. The Kier molecular flexibility index (Phi) is 4.26. The second-order valence-corrected chi connectivity index (χ2v) is 4.28. The van der Waals surface area contributed by atoms with Gasteiger partial charge in [-0.2, -0.15) is 0 Å². The van der Waals surface area contributed by atoms with Crippen LogP contribution in [0.2, 0.25) is 0 Å². The van der Waals surface area contributed by atoms with Gasteiger partial charge in [-0.3, -0.25) is 0 Å². The third-order valence-electron chi connectivity index (χ3n) is 3.03. The zero-order chi connectivity index (χ0) is 12.1. The van der Waals surface area contributed by atoms with Crippen LogP contribution < -0.4 is 5.32 Å². The highest BCUT2D eigenvalue weighted by Crippen LogP contribution is 2.29. The van der Waals surface area contributed by atoms with E-state index in [1.165, 1.54) is 5.56 Å². The first kappa shape index (κ1) is 12.2. The zero-order valence-electron chi connectivity index (χ0n) is 10.7. The summed E-state index contributed by atoms with van der Waals surface area (Å²) in [5, 5.41) is 3.54. The van der Waals surface area contributed by atoms with Gasteiger partial charge in [-0.05, 0) is 25.1 Å². The van der Waals surface area contributed by atoms with E-state index in [1.807, 2.05) is 0 Å². The van der Waals surface area contributed by atoms with Crippen LogP contribution in [-0.2, 0) is 11.2 Å². The average Bonchev–Trinajstić information content (AvgIpc) is 3.00. The minimum atomic E-state index is 0.158. The molecule has 0 amide bonds. The van der Waals surface area contributed by atoms with Gasteiger partial charge in [-0.25, -0.2) is 0 Å². The molecule has 1 aromatic rings. The number of ether oxygens (including phenoxy) is 1. The van der Waals surface area contributed by atoms with Crippen LogP contribution in [0.25, 0.3) is 0 Å². The van der Waals surface area contributed by atoms with Crippen LogP contribution >= 0.6 is 0 Å². The SMILES string of the molecule is CCCNC(C1=CCCO1)c1ccoc1CC. The predicted octanol–water partition coefficient (Wildman–Crippen LogP) is 3.19. The summed E-state index contributed by atoms with van der Waals surface area (Å²) in [7, 11) is 0. The van der Waals surface area contributed by atoms with Crippen LogP contribution in [0.15, 0.2) is 28.6 Å². The molecular formula is C14H21NO2. The fraction of sp³-hybridized carbons (Fsp3) is 0.571. The lowest BCUT2D eigenvalue weighted by molar-refractivity contribution is 0.214. The molecule has 17 heavy (non-hydrogen) atoms. The molecule has 0 spiro atoms. The Morgan fingerprint density at radius 1 is 1.41 bits per heavy atom. The highest BCUT2D eigenvalue weighted by molar-refractivity contribution is 5.29. The Morgan fingerprint density at radius 3 is 2.94 bits per heavy atom. The minimum Gasteiger partial charge on any atom is -0.496 e. The maximum atomic E-state index is 5.69. The summed E-state index contributed by atoms with van der Waals surface area (Å²) < 4.78 is 11.2. The molecular weight excluding hydrogens is 214 g/mol. The van der Waals surface area contributed by atoms with Crippen LogP contribution in [-0.4, -0.2) is 13.2 Å². The molecule has 0 aromatic carbocycles. The second kappa shape index (κ2) is 5.92. The van der Waals surface area contributed by atoms with Gasteiger partial charge in [-0.1, -0.05) is 13.8 Å². The van der Waals surface area contributed by atoms with Crippen LogP contribution in [0.5, 0.6) is 0 Å². The van der Waals surface area contributed by atoms with Gasteiger partial charge in [0.15, 0.2) is 0 Å². The van der Waals surface area contributed by atoms with Gasteiger partial charge >= 0.3 is 0 Å². The largest absolute Gasteiger partial charge is 0.496 e. The van der Waals surface area contributed by atoms with Crippen molar-refractivity contribution in [2.24, 2.45) is 0 Å². The Labute approximate surface area is 103 Å². The fourth-order valence-electron chi connectivity index (χ4n) is 2.19. The maximum absolute atomic E-state index is 5.69. The van der Waals surface area contributed by atoms with E-state index in [-0.39, 0.29) is 6.04 Å². The Bertz CT molecular complexity index is 381. The van der Waals surface area contributed by atoms with Crippen molar-refractivity contribution < 1.29 is 9.15 Å². The van der Waals surface area contributed by atoms with Gasteiger partial charge in [0.05, 0.1) is 18.9 Å². The number of rotatable bonds is 6. The molecule has 2 rings (SSSR count). The highest BCUT2D eigenvalue weighted by atomic mass is 16.5. The predicted molar refractivity (Wildman–Crippen MR) is 67.8 cm³/mol. The van der Waals surface area contributed by atoms with Crippen molar-refractivity contribution >= 4 is 0 Å². The highest BCUT2D eigenvalue weighted by Gasteiger charge is 2.23. The van der Waals surface area contributed by atoms with Gasteiger partial charge in [0.2, 0.25) is 0 Å². The number of aryl methyl sites for hydroxylation is 1. The van der Waals surface area contributed by atoms with E-state index in [0.717, 1.165) is 43.9 Å². The van der Waals surface area contributed by atoms with E-state index in [2.05, 4.69) is 31.3 Å². The van der Waals surface area contributed by atoms with Crippen molar-refractivity contribution in [3.8, 4) is 0 Å². The van der Waals surface area contributed by atoms with Crippen LogP contribution in [0.1, 0.15) is 44.1 Å². The van der Waals surface area contributed by atoms with Gasteiger partial charge in [0, 0.05) is 18.4 Å². The molecule has 1 atom stereocenters. The number of furan rings is 1. The zero-order valence-corrected chi connectivity index (χ0v) is 10.7. The van der Waals surface area contributed by atoms with E-state index in [9.17, 15) is 0 Å². The van der Waals surface area contributed by atoms with Crippen LogP contribution in [0.3, 0.4) is 0 Å². The van der Waals surface area contributed by atoms with Crippen LogP contribution in [0, 0.1) is 0 Å². The number of nitrogens with one attached hydrogen (secondary N) is 1. The Morgan fingerprint density at radius 2 is 2.29 bits per heavy atom. The first-order valence-electron chi connectivity index (χ1n) is 6.49. The van der Waals surface area contributed by atoms with Crippen molar-refractivity contribution in [3.05, 3.63) is 35.5 Å². The lowest BCUT2D eigenvalue weighted by Gasteiger charge is -2.19. The monoisotopic (exact) mass is 235 g/mol. The van der Waals surface area contributed by atoms with E-state index in [1.54, 1.807) is 6.26 Å². The Balaban J connectivity index is 2.19. The summed E-state index contributed by atoms with van der Waals surface area (Å²) in [5.41, 5.74) is 1.22. The molecule has 0 radical (unpaired) electrons. The molecule has 0 aliphatic carbocycles. The second-order valence-electron chi connectivity index (χ2n) is 4.28. The molecule has 1 aromatic heterocycles. The number of hydrogen-bond acceptors (Lipinski definition) is 3. The molecule has 0 fully saturated rings. The topological polar surface area (TPSA) is 34.4 Å². The van der Waals surface area contributed by atoms with Gasteiger partial charge in [0.25, 0.3) is 0 Å². The molecule has 1 N–H and O–H groups in total. The van der Waals surface area contributed by atoms with E-state index >= 15 is 0 Å². The number of hydrogen-bond donors (Lipinski definition) is 1. The first-order chi connectivity index (χ1) is 8.36. The minimum absolute atomic E-state index is 0.158. The smallest absolute Gasteiger partial charge is 0.114 e. The van der Waals surface area contributed by atoms with Crippen molar-refractivity contribution in [2.45, 2.75) is 39.2 Å². The quantitative estimate of drug-likeness (QED) is 0.822. The van der Waals surface area contributed by atoms with E-state index in [4.69, 9.17) is 9.15 Å². The summed E-state index contributed by atoms with van der Waals surface area (Å²) in [6, 6.07) is 2.21. The van der Waals surface area contributed by atoms with Crippen molar-refractivity contribution in [1.82, 2.24) is 5.32 Å². The molecule has 1 aliphatic heterocycles. The lowest BCUT2D eigenvalue weighted by atomic mass is 10.0. The first-order valence-corrected chi connectivity index (χ1v) is 6.49. The average molecular weight is 235 g/mol. The standard InChI is InChI=1S/C14H21NO2/c1-3-8-15-14(13-6-5-9-16-13)11-7-10-17-12(11)4-2/h6-7,10,14-15H,3-5,8-9H2,1-2H3. The third kappa shape index (κ3) is 2.72. The third-order valence-corrected chi connectivity index (χ3v) is 3.03. The summed E-state index contributed by atoms with van der Waals surface area (Å²) in [4.78, 5) is 0. The normalized spacial score (nSPS) is 16.7. The van der Waals surface area contributed by atoms with Crippen LogP contribution in [0.4, 0.5) is 0 Å². The van der Waals surface area contributed by atoms with Crippen molar-refractivity contribution in [2.75, 3.05) is 13.2 Å². The van der Waals surface area contributed by atoms with Gasteiger partial charge in [0.1, 0.15) is 11.5 Å². The van der Waals surface area contributed by atoms with Gasteiger partial charge < -0.3 is 14.5 Å². The lowest BCUT2D eigenvalue weighted by Crippen LogP contribution is -2.24. The molecule has 3 heteroatoms. The maximum Gasteiger partial charge on any atom is 0.114 e. The molecule has 1 aliphatic rings. The van der Waals surface area contributed by atoms with Gasteiger partial charge in [-0.15, -0.1) is 0 Å². The summed E-state index contributed by atoms with van der Waals surface area (Å²) in [5.74, 6) is 2.10. The molecule has 2 heterocycles. The van der Waals surface area contributed by atoms with E-state index in [0.29, 0.717) is 0 Å². The molecule has 94 valence electrons. The van der Waals surface area contributed by atoms with Crippen molar-refractivity contribution in [1.29, 1.82) is 0 Å². The molecule has 3 nitrogen and oxygen atoms in total.